The highest BCUT2D eigenvalue weighted by Gasteiger charge is 2.16. The van der Waals surface area contributed by atoms with E-state index in [2.05, 4.69) is 10.3 Å². The average Bonchev–Trinajstić information content (AvgIpc) is 2.67. The molecule has 2 aromatic carbocycles. The third kappa shape index (κ3) is 3.75. The van der Waals surface area contributed by atoms with E-state index in [4.69, 9.17) is 25.8 Å². The van der Waals surface area contributed by atoms with Crippen LogP contribution in [0.5, 0.6) is 17.2 Å². The van der Waals surface area contributed by atoms with Crippen molar-refractivity contribution in [1.82, 2.24) is 4.98 Å². The summed E-state index contributed by atoms with van der Waals surface area (Å²) in [6.45, 7) is 1.79. The number of anilines is 1. The summed E-state index contributed by atoms with van der Waals surface area (Å²) < 4.78 is 15.7. The van der Waals surface area contributed by atoms with Crippen LogP contribution in [-0.4, -0.2) is 32.2 Å². The van der Waals surface area contributed by atoms with E-state index in [1.165, 1.54) is 14.2 Å². The zero-order valence-corrected chi connectivity index (χ0v) is 16.2. The van der Waals surface area contributed by atoms with Crippen molar-refractivity contribution in [3.05, 3.63) is 52.7 Å². The van der Waals surface area contributed by atoms with Crippen molar-refractivity contribution >= 4 is 34.1 Å². The molecule has 0 spiro atoms. The molecule has 0 fully saturated rings. The van der Waals surface area contributed by atoms with E-state index in [1.54, 1.807) is 32.2 Å². The number of hydrogen-bond donors (Lipinski definition) is 1. The second-order valence-corrected chi connectivity index (χ2v) is 6.23. The molecule has 3 rings (SSSR count). The highest BCUT2D eigenvalue weighted by atomic mass is 35.5. The minimum absolute atomic E-state index is 0.316. The van der Waals surface area contributed by atoms with Crippen molar-refractivity contribution < 1.29 is 19.0 Å². The Morgan fingerprint density at radius 2 is 1.74 bits per heavy atom. The van der Waals surface area contributed by atoms with Crippen LogP contribution in [0.25, 0.3) is 10.9 Å². The normalized spacial score (nSPS) is 10.6. The summed E-state index contributed by atoms with van der Waals surface area (Å²) in [6, 6.07) is 10.5. The number of halogens is 1. The van der Waals surface area contributed by atoms with Gasteiger partial charge in [0.25, 0.3) is 5.91 Å². The summed E-state index contributed by atoms with van der Waals surface area (Å²) in [7, 11) is 4.61. The van der Waals surface area contributed by atoms with Crippen LogP contribution < -0.4 is 19.5 Å². The van der Waals surface area contributed by atoms with E-state index < -0.39 is 0 Å². The fourth-order valence-electron chi connectivity index (χ4n) is 2.76. The van der Waals surface area contributed by atoms with Crippen molar-refractivity contribution in [2.45, 2.75) is 6.92 Å². The minimum Gasteiger partial charge on any atom is -0.497 e. The van der Waals surface area contributed by atoms with Crippen LogP contribution in [-0.2, 0) is 0 Å². The van der Waals surface area contributed by atoms with Crippen molar-refractivity contribution in [1.29, 1.82) is 0 Å². The van der Waals surface area contributed by atoms with Gasteiger partial charge in [-0.3, -0.25) is 9.78 Å². The Morgan fingerprint density at radius 1 is 1.00 bits per heavy atom. The van der Waals surface area contributed by atoms with Gasteiger partial charge in [-0.2, -0.15) is 0 Å². The lowest BCUT2D eigenvalue weighted by molar-refractivity contribution is 0.102. The molecule has 0 aliphatic heterocycles. The molecular weight excluding hydrogens is 368 g/mol. The molecule has 1 amide bonds. The molecule has 27 heavy (non-hydrogen) atoms. The van der Waals surface area contributed by atoms with Gasteiger partial charge in [-0.25, -0.2) is 0 Å². The largest absolute Gasteiger partial charge is 0.497 e. The molecule has 3 aromatic rings. The number of nitrogens with one attached hydrogen (secondary N) is 1. The number of pyridine rings is 1. The average molecular weight is 387 g/mol. The Hall–Kier alpha value is -2.99. The van der Waals surface area contributed by atoms with Crippen molar-refractivity contribution in [3.8, 4) is 17.2 Å². The summed E-state index contributed by atoms with van der Waals surface area (Å²) in [5.41, 5.74) is 2.29. The van der Waals surface area contributed by atoms with E-state index in [9.17, 15) is 4.79 Å². The molecule has 6 nitrogen and oxygen atoms in total. The van der Waals surface area contributed by atoms with Crippen LogP contribution in [0, 0.1) is 6.92 Å². The summed E-state index contributed by atoms with van der Waals surface area (Å²) in [6.07, 6.45) is 0. The molecule has 1 N–H and O–H groups in total. The second kappa shape index (κ2) is 7.72. The fraction of sp³-hybridized carbons (Fsp3) is 0.200. The van der Waals surface area contributed by atoms with Gasteiger partial charge in [-0.05, 0) is 37.3 Å². The van der Waals surface area contributed by atoms with Crippen LogP contribution in [0.4, 0.5) is 5.69 Å². The van der Waals surface area contributed by atoms with E-state index in [0.717, 1.165) is 10.9 Å². The molecule has 0 aliphatic rings. The number of rotatable bonds is 5. The monoisotopic (exact) mass is 386 g/mol. The molecule has 0 bridgehead atoms. The number of aromatic nitrogens is 1. The van der Waals surface area contributed by atoms with Crippen molar-refractivity contribution in [3.63, 3.8) is 0 Å². The van der Waals surface area contributed by atoms with E-state index in [1.807, 2.05) is 18.2 Å². The first-order valence-corrected chi connectivity index (χ1v) is 8.53. The van der Waals surface area contributed by atoms with E-state index in [0.29, 0.717) is 39.2 Å². The Morgan fingerprint density at radius 3 is 2.41 bits per heavy atom. The Kier molecular flexibility index (Phi) is 5.37. The Balaban J connectivity index is 1.99. The van der Waals surface area contributed by atoms with E-state index >= 15 is 0 Å². The van der Waals surface area contributed by atoms with Crippen LogP contribution >= 0.6 is 11.6 Å². The number of methoxy groups -OCH3 is 3. The zero-order chi connectivity index (χ0) is 19.6. The van der Waals surface area contributed by atoms with Crippen molar-refractivity contribution in [2.75, 3.05) is 26.6 Å². The number of amides is 1. The quantitative estimate of drug-likeness (QED) is 0.700. The summed E-state index contributed by atoms with van der Waals surface area (Å²) in [5.74, 6) is 1.28. The van der Waals surface area contributed by atoms with Crippen LogP contribution in [0.1, 0.15) is 16.1 Å². The molecule has 1 heterocycles. The van der Waals surface area contributed by atoms with Gasteiger partial charge in [-0.1, -0.05) is 11.6 Å². The van der Waals surface area contributed by atoms with Gasteiger partial charge < -0.3 is 19.5 Å². The summed E-state index contributed by atoms with van der Waals surface area (Å²) in [5, 5.41) is 4.01. The molecule has 7 heteroatoms. The number of carbonyl (C=O) groups excluding carboxylic acids is 1. The summed E-state index contributed by atoms with van der Waals surface area (Å²) >= 11 is 6.17. The van der Waals surface area contributed by atoms with Crippen LogP contribution in [0.15, 0.2) is 36.4 Å². The second-order valence-electron chi connectivity index (χ2n) is 5.82. The molecular formula is C20H19ClN2O4. The maximum absolute atomic E-state index is 12.9. The summed E-state index contributed by atoms with van der Waals surface area (Å²) in [4.78, 5) is 17.4. The highest BCUT2D eigenvalue weighted by molar-refractivity contribution is 6.32. The number of fused-ring (bicyclic) bond motifs is 1. The molecule has 0 radical (unpaired) electrons. The van der Waals surface area contributed by atoms with Crippen LogP contribution in [0.3, 0.4) is 0 Å². The Bertz CT molecular complexity index is 1020. The smallest absolute Gasteiger partial charge is 0.257 e. The van der Waals surface area contributed by atoms with Gasteiger partial charge in [0.05, 0.1) is 48.8 Å². The number of aryl methyl sites for hydroxylation is 1. The molecule has 0 atom stereocenters. The highest BCUT2D eigenvalue weighted by Crippen LogP contribution is 2.36. The zero-order valence-electron chi connectivity index (χ0n) is 15.4. The lowest BCUT2D eigenvalue weighted by Gasteiger charge is -2.14. The van der Waals surface area contributed by atoms with Gasteiger partial charge in [-0.15, -0.1) is 0 Å². The standard InChI is InChI=1S/C20H19ClN2O4/c1-11-14(8-12-7-13(25-2)5-6-16(12)22-11)20(24)23-17-9-15(21)18(26-3)10-19(17)27-4/h5-10H,1-4H3,(H,23,24). The first-order chi connectivity index (χ1) is 13.0. The van der Waals surface area contributed by atoms with Crippen molar-refractivity contribution in [2.24, 2.45) is 0 Å². The number of hydrogen-bond acceptors (Lipinski definition) is 5. The topological polar surface area (TPSA) is 69.7 Å². The van der Waals surface area contributed by atoms with Gasteiger partial charge in [0.15, 0.2) is 0 Å². The predicted octanol–water partition coefficient (Wildman–Crippen LogP) is 4.47. The fourth-order valence-corrected chi connectivity index (χ4v) is 3.00. The number of benzene rings is 2. The molecule has 0 unspecified atom stereocenters. The van der Waals surface area contributed by atoms with Gasteiger partial charge in [0.2, 0.25) is 0 Å². The van der Waals surface area contributed by atoms with Gasteiger partial charge in [0, 0.05) is 11.5 Å². The Labute approximate surface area is 162 Å². The van der Waals surface area contributed by atoms with Crippen LogP contribution in [0.2, 0.25) is 5.02 Å². The maximum atomic E-state index is 12.9. The predicted molar refractivity (Wildman–Crippen MR) is 106 cm³/mol. The molecule has 1 aromatic heterocycles. The SMILES string of the molecule is COc1ccc2nc(C)c(C(=O)Nc3cc(Cl)c(OC)cc3OC)cc2c1. The van der Waals surface area contributed by atoms with E-state index in [-0.39, 0.29) is 5.91 Å². The molecule has 0 saturated heterocycles. The first kappa shape index (κ1) is 18.8. The molecule has 0 aliphatic carbocycles. The lowest BCUT2D eigenvalue weighted by Crippen LogP contribution is -2.15. The van der Waals surface area contributed by atoms with Gasteiger partial charge >= 0.3 is 0 Å². The number of carbonyl (C=O) groups is 1. The first-order valence-electron chi connectivity index (χ1n) is 8.15. The van der Waals surface area contributed by atoms with Gasteiger partial charge in [0.1, 0.15) is 17.2 Å². The molecule has 0 saturated carbocycles. The number of ether oxygens (including phenoxy) is 3. The third-order valence-electron chi connectivity index (χ3n) is 4.18. The number of nitrogens with zero attached hydrogens (tertiary/aromatic N) is 1. The third-order valence-corrected chi connectivity index (χ3v) is 4.47. The maximum Gasteiger partial charge on any atom is 0.257 e. The molecule has 140 valence electrons. The minimum atomic E-state index is -0.316. The lowest BCUT2D eigenvalue weighted by atomic mass is 10.1.